The third-order valence-corrected chi connectivity index (χ3v) is 2.10. The van der Waals surface area contributed by atoms with E-state index in [1.54, 1.807) is 0 Å². The molecule has 19 heavy (non-hydrogen) atoms. The maximum Gasteiger partial charge on any atom is 1.00 e. The molecule has 0 aliphatic rings. The molecule has 13 heteroatoms. The van der Waals surface area contributed by atoms with Gasteiger partial charge in [0.1, 0.15) is 26.1 Å². The molecule has 0 aliphatic carbocycles. The van der Waals surface area contributed by atoms with Crippen molar-refractivity contribution in [2.45, 2.75) is 24.4 Å². The Labute approximate surface area is 152 Å². The Morgan fingerprint density at radius 2 is 1.53 bits per heavy atom. The van der Waals surface area contributed by atoms with Gasteiger partial charge in [0.25, 0.3) is 0 Å². The Kier molecular flexibility index (Phi) is 14.8. The maximum absolute atomic E-state index is 10.8. The molecular weight excluding hydrogens is 309 g/mol. The van der Waals surface area contributed by atoms with Crippen LogP contribution in [0.5, 0.6) is 0 Å². The fraction of sp³-hybridized carbons (Fsp3) is 0.833. The van der Waals surface area contributed by atoms with Crippen LogP contribution in [0.1, 0.15) is 0 Å². The molecule has 0 aromatic carbocycles. The minimum Gasteiger partial charge on any atom is -0.780 e. The Hall–Kier alpha value is 1.42. The van der Waals surface area contributed by atoms with Crippen LogP contribution in [-0.4, -0.2) is 62.5 Å². The average Bonchev–Trinajstić information content (AvgIpc) is 2.22. The Morgan fingerprint density at radius 3 is 1.84 bits per heavy atom. The fourth-order valence-corrected chi connectivity index (χ4v) is 1.15. The zero-order valence-electron chi connectivity index (χ0n) is 10.2. The number of aliphatic hydroxyl groups is 5. The van der Waals surface area contributed by atoms with E-state index in [0.717, 1.165) is 0 Å². The normalized spacial score (nSPS) is 17.2. The van der Waals surface area contributed by atoms with Gasteiger partial charge >= 0.3 is 65.1 Å². The fourth-order valence-electron chi connectivity index (χ4n) is 0.826. The van der Waals surface area contributed by atoms with Gasteiger partial charge < -0.3 is 44.4 Å². The molecular formula is C6H11Na2O10P. The van der Waals surface area contributed by atoms with Crippen LogP contribution in [0, 0.1) is 0 Å². The molecule has 0 heterocycles. The summed E-state index contributed by atoms with van der Waals surface area (Å²) in [6.07, 6.45) is -8.92. The van der Waals surface area contributed by atoms with Gasteiger partial charge in [-0.1, -0.05) is 0 Å². The molecule has 0 aromatic rings. The van der Waals surface area contributed by atoms with E-state index in [4.69, 9.17) is 25.5 Å². The van der Waals surface area contributed by atoms with Crippen LogP contribution in [0.2, 0.25) is 0 Å². The van der Waals surface area contributed by atoms with Crippen molar-refractivity contribution in [3.63, 3.8) is 0 Å². The number of rotatable bonds is 6. The van der Waals surface area contributed by atoms with E-state index >= 15 is 0 Å². The third-order valence-electron chi connectivity index (χ3n) is 1.70. The van der Waals surface area contributed by atoms with Crippen LogP contribution in [0.15, 0.2) is 0 Å². The summed E-state index contributed by atoms with van der Waals surface area (Å²) in [6.45, 7) is -0.985. The van der Waals surface area contributed by atoms with Crippen molar-refractivity contribution in [3.8, 4) is 0 Å². The van der Waals surface area contributed by atoms with Gasteiger partial charge in [0.05, 0.1) is 6.61 Å². The molecule has 0 radical (unpaired) electrons. The summed E-state index contributed by atoms with van der Waals surface area (Å²) < 4.78 is 13.2. The zero-order valence-corrected chi connectivity index (χ0v) is 15.1. The van der Waals surface area contributed by atoms with Crippen molar-refractivity contribution in [3.05, 3.63) is 0 Å². The molecule has 0 unspecified atom stereocenters. The summed E-state index contributed by atoms with van der Waals surface area (Å²) in [5.41, 5.74) is 0. The van der Waals surface area contributed by atoms with Gasteiger partial charge in [0.2, 0.25) is 0 Å². The van der Waals surface area contributed by atoms with E-state index in [1.807, 2.05) is 0 Å². The molecule has 0 spiro atoms. The molecule has 4 atom stereocenters. The van der Waals surface area contributed by atoms with E-state index in [0.29, 0.717) is 0 Å². The van der Waals surface area contributed by atoms with E-state index < -0.39 is 44.8 Å². The molecule has 0 saturated carbocycles. The Balaban J connectivity index is -0.00000128. The number of hydrogen-bond acceptors (Lipinski definition) is 10. The van der Waals surface area contributed by atoms with Crippen LogP contribution < -0.4 is 68.9 Å². The smallest absolute Gasteiger partial charge is 0.780 e. The van der Waals surface area contributed by atoms with Crippen molar-refractivity contribution in [2.75, 3.05) is 6.61 Å². The van der Waals surface area contributed by atoms with Gasteiger partial charge in [0.15, 0.2) is 6.10 Å². The molecule has 0 fully saturated rings. The van der Waals surface area contributed by atoms with Crippen molar-refractivity contribution >= 4 is 13.8 Å². The van der Waals surface area contributed by atoms with E-state index in [9.17, 15) is 19.1 Å². The quantitative estimate of drug-likeness (QED) is 0.232. The Bertz CT molecular complexity index is 308. The van der Waals surface area contributed by atoms with Gasteiger partial charge in [-0.3, -0.25) is 0 Å². The van der Waals surface area contributed by atoms with Crippen molar-refractivity contribution in [1.82, 2.24) is 0 Å². The summed E-state index contributed by atoms with van der Waals surface area (Å²) in [7, 11) is -5.69. The monoisotopic (exact) mass is 320 g/mol. The number of phosphoric acid groups is 1. The molecule has 102 valence electrons. The number of phosphoric ester groups is 1. The first-order chi connectivity index (χ1) is 7.60. The second-order valence-electron chi connectivity index (χ2n) is 3.03. The van der Waals surface area contributed by atoms with Crippen LogP contribution in [0.25, 0.3) is 0 Å². The van der Waals surface area contributed by atoms with Crippen LogP contribution in [0.3, 0.4) is 0 Å². The number of carbonyl (C=O) groups is 1. The van der Waals surface area contributed by atoms with Crippen LogP contribution in [0.4, 0.5) is 0 Å². The summed E-state index contributed by atoms with van der Waals surface area (Å²) in [4.78, 5) is 30.8. The second kappa shape index (κ2) is 11.0. The summed E-state index contributed by atoms with van der Waals surface area (Å²) in [5.74, 6) is -2.00. The Morgan fingerprint density at radius 1 is 1.11 bits per heavy atom. The van der Waals surface area contributed by atoms with Crippen molar-refractivity contribution < 1.29 is 108 Å². The first-order valence-corrected chi connectivity index (χ1v) is 5.65. The summed E-state index contributed by atoms with van der Waals surface area (Å²) in [6, 6.07) is 0. The molecule has 0 rings (SSSR count). The van der Waals surface area contributed by atoms with Gasteiger partial charge in [-0.05, 0) is 0 Å². The van der Waals surface area contributed by atoms with Gasteiger partial charge in [-0.25, -0.2) is 4.79 Å². The molecule has 10 nitrogen and oxygen atoms in total. The van der Waals surface area contributed by atoms with Gasteiger partial charge in [0, 0.05) is 0 Å². The van der Waals surface area contributed by atoms with E-state index in [-0.39, 0.29) is 59.1 Å². The van der Waals surface area contributed by atoms with Crippen LogP contribution >= 0.6 is 7.82 Å². The minimum absolute atomic E-state index is 0. The molecule has 0 bridgehead atoms. The van der Waals surface area contributed by atoms with Crippen LogP contribution in [-0.2, 0) is 13.9 Å². The average molecular weight is 320 g/mol. The second-order valence-corrected chi connectivity index (χ2v) is 4.11. The predicted molar refractivity (Wildman–Crippen MR) is 44.8 cm³/mol. The third kappa shape index (κ3) is 9.88. The number of carbonyl (C=O) groups excluding carboxylic acids is 1. The van der Waals surface area contributed by atoms with Crippen molar-refractivity contribution in [2.24, 2.45) is 0 Å². The minimum atomic E-state index is -5.69. The molecule has 0 saturated heterocycles. The van der Waals surface area contributed by atoms with Crippen molar-refractivity contribution in [1.29, 1.82) is 0 Å². The predicted octanol–water partition coefficient (Wildman–Crippen LogP) is -11.2. The number of hydrogen-bond donors (Lipinski definition) is 5. The summed E-state index contributed by atoms with van der Waals surface area (Å²) >= 11 is 0. The van der Waals surface area contributed by atoms with Gasteiger partial charge in [-0.15, -0.1) is 0 Å². The van der Waals surface area contributed by atoms with Gasteiger partial charge in [-0.2, -0.15) is 0 Å². The largest absolute Gasteiger partial charge is 1.00 e. The maximum atomic E-state index is 10.8. The summed E-state index contributed by atoms with van der Waals surface area (Å²) in [5, 5.41) is 44.4. The topological polar surface area (TPSA) is 191 Å². The number of aliphatic hydroxyl groups excluding tert-OH is 5. The standard InChI is InChI=1S/C6H13O10P.2Na/c7-1-2(8)3(9)4(10)5(11)6(12)16-17(13,14)15;;/h2-5,7-11H,1H2,(H2,13,14,15);;/q;2*+1/p-2/t2-,3+,4+,5-;;/m1../s1. The SMILES string of the molecule is O=C(OP(=O)([O-])[O-])[C@H](O)[C@@H](O)[C@@H](O)[C@H](O)CO.[Na+].[Na+]. The molecule has 0 aliphatic heterocycles. The van der Waals surface area contributed by atoms with E-state index in [1.165, 1.54) is 0 Å². The van der Waals surface area contributed by atoms with E-state index in [2.05, 4.69) is 4.52 Å². The first kappa shape index (κ1) is 25.4. The molecule has 0 amide bonds. The molecule has 0 aromatic heterocycles. The zero-order chi connectivity index (χ0) is 13.8. The first-order valence-electron chi connectivity index (χ1n) is 4.18. The molecule has 5 N–H and O–H groups in total.